The first-order chi connectivity index (χ1) is 7.48. The van der Waals surface area contributed by atoms with Crippen molar-refractivity contribution < 1.29 is 8.42 Å². The third kappa shape index (κ3) is 3.00. The van der Waals surface area contributed by atoms with Crippen molar-refractivity contribution in [1.29, 1.82) is 0 Å². The number of imidazole rings is 1. The molecule has 6 nitrogen and oxygen atoms in total. The molecule has 1 aromatic heterocycles. The summed E-state index contributed by atoms with van der Waals surface area (Å²) < 4.78 is 25.4. The normalized spacial score (nSPS) is 11.9. The summed E-state index contributed by atoms with van der Waals surface area (Å²) in [6.07, 6.45) is 3.27. The summed E-state index contributed by atoms with van der Waals surface area (Å²) in [6.45, 7) is 2.30. The molecule has 0 spiro atoms. The fourth-order valence-electron chi connectivity index (χ4n) is 1.23. The number of H-pyrrole nitrogens is 1. The predicted molar refractivity (Wildman–Crippen MR) is 64.4 cm³/mol. The van der Waals surface area contributed by atoms with Crippen LogP contribution in [-0.4, -0.2) is 40.8 Å². The molecule has 0 saturated carbocycles. The second-order valence-electron chi connectivity index (χ2n) is 3.22. The van der Waals surface area contributed by atoms with Gasteiger partial charge in [0, 0.05) is 6.54 Å². The number of sulfonamides is 1. The van der Waals surface area contributed by atoms with Crippen molar-refractivity contribution in [2.75, 3.05) is 13.1 Å². The molecule has 3 N–H and O–H groups in total. The van der Waals surface area contributed by atoms with Crippen LogP contribution in [0.1, 0.15) is 13.3 Å². The van der Waals surface area contributed by atoms with E-state index in [1.54, 1.807) is 0 Å². The molecule has 0 radical (unpaired) electrons. The zero-order chi connectivity index (χ0) is 12.2. The Balaban J connectivity index is 2.97. The Kier molecular flexibility index (Phi) is 4.39. The predicted octanol–water partition coefficient (Wildman–Crippen LogP) is 0.0965. The van der Waals surface area contributed by atoms with Crippen LogP contribution in [0.4, 0.5) is 0 Å². The lowest BCUT2D eigenvalue weighted by atomic mass is 10.5. The minimum atomic E-state index is -3.57. The van der Waals surface area contributed by atoms with E-state index in [2.05, 4.69) is 9.97 Å². The summed E-state index contributed by atoms with van der Waals surface area (Å²) in [5.41, 5.74) is 5.37. The van der Waals surface area contributed by atoms with E-state index in [0.717, 1.165) is 0 Å². The van der Waals surface area contributed by atoms with Crippen LogP contribution < -0.4 is 5.73 Å². The number of aromatic amines is 1. The molecule has 1 rings (SSSR count). The molecule has 8 heteroatoms. The molecule has 0 aromatic carbocycles. The highest BCUT2D eigenvalue weighted by Gasteiger charge is 2.25. The van der Waals surface area contributed by atoms with Crippen LogP contribution >= 0.6 is 12.2 Å². The maximum Gasteiger partial charge on any atom is 0.260 e. The minimum Gasteiger partial charge on any atom is -0.392 e. The molecule has 0 bridgehead atoms. The SMILES string of the molecule is CCCN(CC(N)=S)S(=O)(=O)c1cnc[nH]1. The first-order valence-electron chi connectivity index (χ1n) is 4.75. The highest BCUT2D eigenvalue weighted by molar-refractivity contribution is 7.89. The average molecular weight is 262 g/mol. The molecule has 0 aliphatic heterocycles. The molecule has 16 heavy (non-hydrogen) atoms. The van der Waals surface area contributed by atoms with Crippen LogP contribution in [0.15, 0.2) is 17.6 Å². The maximum atomic E-state index is 12.1. The van der Waals surface area contributed by atoms with Crippen LogP contribution in [-0.2, 0) is 10.0 Å². The van der Waals surface area contributed by atoms with Gasteiger partial charge in [0.05, 0.1) is 24.1 Å². The van der Waals surface area contributed by atoms with Crippen LogP contribution in [0.3, 0.4) is 0 Å². The molecular formula is C8H14N4O2S2. The first kappa shape index (κ1) is 13.1. The van der Waals surface area contributed by atoms with Crippen molar-refractivity contribution in [2.24, 2.45) is 5.73 Å². The summed E-state index contributed by atoms with van der Waals surface area (Å²) in [6, 6.07) is 0. The van der Waals surface area contributed by atoms with Gasteiger partial charge in [0.25, 0.3) is 10.0 Å². The van der Waals surface area contributed by atoms with Gasteiger partial charge in [0.2, 0.25) is 0 Å². The number of thiocarbonyl (C=S) groups is 1. The standard InChI is InChI=1S/C8H14N4O2S2/c1-2-3-12(5-7(9)15)16(13,14)8-4-10-6-11-8/h4,6H,2-3,5H2,1H3,(H2,9,15)(H,10,11). The molecule has 90 valence electrons. The number of nitrogens with zero attached hydrogens (tertiary/aromatic N) is 2. The van der Waals surface area contributed by atoms with E-state index in [1.807, 2.05) is 6.92 Å². The van der Waals surface area contributed by atoms with E-state index >= 15 is 0 Å². The molecule has 0 aliphatic carbocycles. The lowest BCUT2D eigenvalue weighted by molar-refractivity contribution is 0.447. The highest BCUT2D eigenvalue weighted by atomic mass is 32.2. The van der Waals surface area contributed by atoms with Gasteiger partial charge in [-0.3, -0.25) is 0 Å². The van der Waals surface area contributed by atoms with Crippen molar-refractivity contribution in [3.63, 3.8) is 0 Å². The molecular weight excluding hydrogens is 248 g/mol. The largest absolute Gasteiger partial charge is 0.392 e. The van der Waals surface area contributed by atoms with E-state index in [1.165, 1.54) is 16.8 Å². The number of aromatic nitrogens is 2. The average Bonchev–Trinajstić information content (AvgIpc) is 2.69. The van der Waals surface area contributed by atoms with Crippen molar-refractivity contribution >= 4 is 27.2 Å². The van der Waals surface area contributed by atoms with Crippen molar-refractivity contribution in [1.82, 2.24) is 14.3 Å². The van der Waals surface area contributed by atoms with Crippen molar-refractivity contribution in [2.45, 2.75) is 18.4 Å². The Hall–Kier alpha value is -0.990. The van der Waals surface area contributed by atoms with Gasteiger partial charge < -0.3 is 10.7 Å². The summed E-state index contributed by atoms with van der Waals surface area (Å²) in [5, 5.41) is 0.0530. The second-order valence-corrected chi connectivity index (χ2v) is 5.65. The van der Waals surface area contributed by atoms with Crippen LogP contribution in [0.25, 0.3) is 0 Å². The number of hydrogen-bond donors (Lipinski definition) is 2. The summed E-state index contributed by atoms with van der Waals surface area (Å²) >= 11 is 4.73. The Labute approximate surface area is 99.9 Å². The number of rotatable bonds is 6. The van der Waals surface area contributed by atoms with Crippen LogP contribution in [0.2, 0.25) is 0 Å². The van der Waals surface area contributed by atoms with Gasteiger partial charge in [-0.25, -0.2) is 13.4 Å². The molecule has 0 aliphatic rings. The first-order valence-corrected chi connectivity index (χ1v) is 6.60. The van der Waals surface area contributed by atoms with E-state index in [0.29, 0.717) is 13.0 Å². The summed E-state index contributed by atoms with van der Waals surface area (Å²) in [5.74, 6) is 0. The van der Waals surface area contributed by atoms with Gasteiger partial charge >= 0.3 is 0 Å². The Morgan fingerprint density at radius 3 is 2.81 bits per heavy atom. The van der Waals surface area contributed by atoms with Gasteiger partial charge in [0.15, 0.2) is 5.03 Å². The van der Waals surface area contributed by atoms with E-state index in [9.17, 15) is 8.42 Å². The smallest absolute Gasteiger partial charge is 0.260 e. The molecule has 0 fully saturated rings. The van der Waals surface area contributed by atoms with E-state index in [4.69, 9.17) is 18.0 Å². The number of nitrogens with two attached hydrogens (primary N) is 1. The fraction of sp³-hybridized carbons (Fsp3) is 0.500. The molecule has 1 aromatic rings. The highest BCUT2D eigenvalue weighted by Crippen LogP contribution is 2.12. The second kappa shape index (κ2) is 5.37. The topological polar surface area (TPSA) is 92.1 Å². The number of hydrogen-bond acceptors (Lipinski definition) is 4. The maximum absolute atomic E-state index is 12.1. The molecule has 0 unspecified atom stereocenters. The molecule has 0 amide bonds. The Bertz CT molecular complexity index is 441. The van der Waals surface area contributed by atoms with E-state index < -0.39 is 10.0 Å². The summed E-state index contributed by atoms with van der Waals surface area (Å²) in [7, 11) is -3.57. The van der Waals surface area contributed by atoms with Crippen LogP contribution in [0, 0.1) is 0 Å². The monoisotopic (exact) mass is 262 g/mol. The minimum absolute atomic E-state index is 0.0462. The Morgan fingerprint density at radius 2 is 2.38 bits per heavy atom. The van der Waals surface area contributed by atoms with Gasteiger partial charge in [0.1, 0.15) is 0 Å². The van der Waals surface area contributed by atoms with E-state index in [-0.39, 0.29) is 16.6 Å². The lowest BCUT2D eigenvalue weighted by Crippen LogP contribution is -2.38. The van der Waals surface area contributed by atoms with Gasteiger partial charge in [-0.1, -0.05) is 19.1 Å². The zero-order valence-corrected chi connectivity index (χ0v) is 10.5. The Morgan fingerprint density at radius 1 is 1.69 bits per heavy atom. The van der Waals surface area contributed by atoms with Gasteiger partial charge in [-0.2, -0.15) is 4.31 Å². The van der Waals surface area contributed by atoms with Gasteiger partial charge in [-0.15, -0.1) is 0 Å². The molecule has 1 heterocycles. The van der Waals surface area contributed by atoms with Gasteiger partial charge in [-0.05, 0) is 6.42 Å². The third-order valence-electron chi connectivity index (χ3n) is 1.90. The quantitative estimate of drug-likeness (QED) is 0.709. The lowest BCUT2D eigenvalue weighted by Gasteiger charge is -2.19. The fourth-order valence-corrected chi connectivity index (χ4v) is 2.87. The van der Waals surface area contributed by atoms with Crippen LogP contribution in [0.5, 0.6) is 0 Å². The zero-order valence-electron chi connectivity index (χ0n) is 8.88. The van der Waals surface area contributed by atoms with Crippen molar-refractivity contribution in [3.05, 3.63) is 12.5 Å². The molecule has 0 saturated heterocycles. The molecule has 0 atom stereocenters. The van der Waals surface area contributed by atoms with Crippen molar-refractivity contribution in [3.8, 4) is 0 Å². The summed E-state index contributed by atoms with van der Waals surface area (Å²) in [4.78, 5) is 6.40. The third-order valence-corrected chi connectivity index (χ3v) is 3.80. The number of nitrogens with one attached hydrogen (secondary N) is 1.